The van der Waals surface area contributed by atoms with Crippen molar-refractivity contribution < 1.29 is 37.3 Å². The largest absolute Gasteiger partial charge is 0.472 e. The summed E-state index contributed by atoms with van der Waals surface area (Å²) in [6.07, 6.45) is 95.1. The summed E-state index contributed by atoms with van der Waals surface area (Å²) in [7, 11) is 1.51. The van der Waals surface area contributed by atoms with Gasteiger partial charge in [0.2, 0.25) is 5.91 Å². The first-order valence-corrected chi connectivity index (χ1v) is 41.3. The Bertz CT molecular complexity index is 1800. The molecular formula is C82H154N2O7P+. The number of ether oxygens (including phenoxy) is 1. The number of likely N-dealkylation sites (N-methyl/N-ethyl adjacent to an activating group) is 1. The number of carbonyl (C=O) groups excluding carboxylic acids is 2. The van der Waals surface area contributed by atoms with E-state index in [2.05, 4.69) is 86.8 Å². The number of unbranched alkanes of at least 4 members (excludes halogenated alkanes) is 47. The maximum atomic E-state index is 13.7. The molecule has 0 aromatic rings. The first-order valence-electron chi connectivity index (χ1n) is 39.8. The first-order chi connectivity index (χ1) is 44.9. The van der Waals surface area contributed by atoms with Crippen molar-refractivity contribution in [1.82, 2.24) is 5.32 Å². The molecule has 0 saturated carbocycles. The van der Waals surface area contributed by atoms with E-state index in [0.717, 1.165) is 89.9 Å². The lowest BCUT2D eigenvalue weighted by Crippen LogP contribution is -2.47. The highest BCUT2D eigenvalue weighted by molar-refractivity contribution is 7.47. The molecular weight excluding hydrogens is 1160 g/mol. The second-order valence-electron chi connectivity index (χ2n) is 28.2. The van der Waals surface area contributed by atoms with Gasteiger partial charge in [0.1, 0.15) is 19.3 Å². The molecule has 3 unspecified atom stereocenters. The van der Waals surface area contributed by atoms with Gasteiger partial charge < -0.3 is 19.4 Å². The first kappa shape index (κ1) is 89.5. The summed E-state index contributed by atoms with van der Waals surface area (Å²) < 4.78 is 30.9. The third-order valence-electron chi connectivity index (χ3n) is 17.9. The summed E-state index contributed by atoms with van der Waals surface area (Å²) in [6, 6.07) is -0.851. The molecule has 538 valence electrons. The van der Waals surface area contributed by atoms with Crippen LogP contribution in [0.4, 0.5) is 0 Å². The third kappa shape index (κ3) is 71.7. The van der Waals surface area contributed by atoms with Gasteiger partial charge in [0, 0.05) is 12.8 Å². The van der Waals surface area contributed by atoms with Crippen LogP contribution in [-0.4, -0.2) is 74.3 Å². The van der Waals surface area contributed by atoms with Crippen molar-refractivity contribution >= 4 is 19.7 Å². The van der Waals surface area contributed by atoms with Gasteiger partial charge in [-0.1, -0.05) is 370 Å². The second-order valence-corrected chi connectivity index (χ2v) is 29.7. The van der Waals surface area contributed by atoms with E-state index in [9.17, 15) is 19.0 Å². The molecule has 0 aliphatic rings. The standard InChI is InChI=1S/C82H153N2O7P/c1-7-10-13-16-19-22-25-28-30-32-34-36-38-40-42-44-46-48-50-52-54-56-59-62-65-68-71-74-81(85)83-79(78-90-92(87,88)89-77-76-84(4,5)6)80(73-70-67-64-61-58-27-24-21-18-15-12-9-3)91-82(86)75-72-69-66-63-60-57-55-53-51-49-47-45-43-41-39-37-35-33-31-29-26-23-20-17-14-11-8-2/h11,14,20,23,29,31,35,37,41,43,70,73,79-80H,7-10,12-13,15-19,21-22,24-28,30,32-34,36,38-40,42,44-69,71-72,74-78H2,1-6H3,(H-,83,85,87,88)/p+1/b14-11-,23-20-,31-29-,37-35-,43-41-,73-70+. The number of phosphoric ester groups is 1. The van der Waals surface area contributed by atoms with E-state index < -0.39 is 20.0 Å². The molecule has 0 aromatic carbocycles. The number of esters is 1. The van der Waals surface area contributed by atoms with Crippen LogP contribution in [0.5, 0.6) is 0 Å². The van der Waals surface area contributed by atoms with Crippen LogP contribution in [0.2, 0.25) is 0 Å². The number of rotatable bonds is 73. The van der Waals surface area contributed by atoms with Gasteiger partial charge in [0.25, 0.3) is 0 Å². The Labute approximate surface area is 572 Å². The van der Waals surface area contributed by atoms with Gasteiger partial charge in [-0.3, -0.25) is 18.6 Å². The van der Waals surface area contributed by atoms with Gasteiger partial charge in [0.15, 0.2) is 0 Å². The van der Waals surface area contributed by atoms with Gasteiger partial charge in [-0.2, -0.15) is 0 Å². The highest BCUT2D eigenvalue weighted by Crippen LogP contribution is 2.43. The summed E-state index contributed by atoms with van der Waals surface area (Å²) >= 11 is 0. The smallest absolute Gasteiger partial charge is 0.456 e. The van der Waals surface area contributed by atoms with Gasteiger partial charge in [-0.25, -0.2) is 4.57 Å². The van der Waals surface area contributed by atoms with Crippen molar-refractivity contribution in [1.29, 1.82) is 0 Å². The number of carbonyl (C=O) groups is 2. The fourth-order valence-corrected chi connectivity index (χ4v) is 12.6. The van der Waals surface area contributed by atoms with Crippen LogP contribution >= 0.6 is 7.82 Å². The molecule has 10 heteroatoms. The molecule has 9 nitrogen and oxygen atoms in total. The Morgan fingerprint density at radius 3 is 1.04 bits per heavy atom. The fourth-order valence-electron chi connectivity index (χ4n) is 11.9. The number of nitrogens with one attached hydrogen (secondary N) is 1. The number of amides is 1. The minimum atomic E-state index is -4.46. The molecule has 3 atom stereocenters. The van der Waals surface area contributed by atoms with Crippen molar-refractivity contribution in [3.8, 4) is 0 Å². The Morgan fingerprint density at radius 2 is 0.696 bits per heavy atom. The van der Waals surface area contributed by atoms with Crippen molar-refractivity contribution in [2.75, 3.05) is 40.9 Å². The minimum absolute atomic E-state index is 0.0403. The highest BCUT2D eigenvalue weighted by atomic mass is 31.2. The summed E-state index contributed by atoms with van der Waals surface area (Å²) in [5.41, 5.74) is 0. The van der Waals surface area contributed by atoms with Gasteiger partial charge in [-0.15, -0.1) is 0 Å². The molecule has 0 saturated heterocycles. The molecule has 0 radical (unpaired) electrons. The number of quaternary nitrogens is 1. The topological polar surface area (TPSA) is 111 Å². The molecule has 0 fully saturated rings. The molecule has 2 N–H and O–H groups in total. The zero-order chi connectivity index (χ0) is 67.0. The lowest BCUT2D eigenvalue weighted by atomic mass is 10.0. The van der Waals surface area contributed by atoms with Crippen molar-refractivity contribution in [3.05, 3.63) is 72.9 Å². The monoisotopic (exact) mass is 1310 g/mol. The quantitative estimate of drug-likeness (QED) is 0.0205. The fraction of sp³-hybridized carbons (Fsp3) is 0.829. The van der Waals surface area contributed by atoms with Crippen molar-refractivity contribution in [2.45, 2.75) is 399 Å². The predicted octanol–water partition coefficient (Wildman–Crippen LogP) is 25.9. The predicted molar refractivity (Wildman–Crippen MR) is 401 cm³/mol. The maximum Gasteiger partial charge on any atom is 0.472 e. The maximum absolute atomic E-state index is 13.7. The Kier molecular flexibility index (Phi) is 69.3. The molecule has 0 aliphatic carbocycles. The van der Waals surface area contributed by atoms with E-state index in [4.69, 9.17) is 13.8 Å². The highest BCUT2D eigenvalue weighted by Gasteiger charge is 2.30. The van der Waals surface area contributed by atoms with Gasteiger partial charge in [0.05, 0.1) is 33.8 Å². The number of hydrogen-bond donors (Lipinski definition) is 2. The zero-order valence-corrected chi connectivity index (χ0v) is 62.7. The van der Waals surface area contributed by atoms with E-state index in [1.54, 1.807) is 0 Å². The van der Waals surface area contributed by atoms with Gasteiger partial charge in [-0.05, 0) is 76.7 Å². The number of hydrogen-bond acceptors (Lipinski definition) is 6. The Morgan fingerprint density at radius 1 is 0.391 bits per heavy atom. The second kappa shape index (κ2) is 71.2. The minimum Gasteiger partial charge on any atom is -0.456 e. The number of phosphoric acid groups is 1. The normalized spacial score (nSPS) is 13.8. The number of allylic oxidation sites excluding steroid dienone is 11. The Hall–Kier alpha value is -2.55. The van der Waals surface area contributed by atoms with Crippen LogP contribution in [0.15, 0.2) is 72.9 Å². The average Bonchev–Trinajstić information content (AvgIpc) is 3.72. The SMILES string of the molecule is CC/C=C\C/C=C\C/C=C\C/C=C\C/C=C\CCCCCCCCCCCCCC(=O)OC(/C=C/CCCCCCCCCCCC)C(COP(=O)(O)OCC[N+](C)(C)C)NC(=O)CCCCCCCCCCCCCCCCCCCCCCCCCCCCC. The lowest BCUT2D eigenvalue weighted by Gasteiger charge is -2.27. The van der Waals surface area contributed by atoms with Crippen molar-refractivity contribution in [3.63, 3.8) is 0 Å². The molecule has 0 rings (SSSR count). The van der Waals surface area contributed by atoms with Crippen LogP contribution in [0.1, 0.15) is 387 Å². The summed E-state index contributed by atoms with van der Waals surface area (Å²) in [6.45, 7) is 6.96. The van der Waals surface area contributed by atoms with Crippen LogP contribution in [0.25, 0.3) is 0 Å². The zero-order valence-electron chi connectivity index (χ0n) is 61.8. The molecule has 0 bridgehead atoms. The van der Waals surface area contributed by atoms with Gasteiger partial charge >= 0.3 is 13.8 Å². The number of nitrogens with zero attached hydrogens (tertiary/aromatic N) is 1. The Balaban J connectivity index is 4.91. The van der Waals surface area contributed by atoms with Crippen LogP contribution in [0, 0.1) is 0 Å². The molecule has 0 aliphatic heterocycles. The molecule has 0 spiro atoms. The molecule has 1 amide bonds. The van der Waals surface area contributed by atoms with Crippen LogP contribution in [0.3, 0.4) is 0 Å². The van der Waals surface area contributed by atoms with E-state index in [1.165, 1.54) is 263 Å². The molecule has 0 heterocycles. The van der Waals surface area contributed by atoms with E-state index in [1.807, 2.05) is 33.3 Å². The van der Waals surface area contributed by atoms with E-state index in [-0.39, 0.29) is 31.5 Å². The molecule has 0 aromatic heterocycles. The summed E-state index contributed by atoms with van der Waals surface area (Å²) in [4.78, 5) is 38.0. The third-order valence-corrected chi connectivity index (χ3v) is 18.9. The van der Waals surface area contributed by atoms with E-state index >= 15 is 0 Å². The molecule has 92 heavy (non-hydrogen) atoms. The van der Waals surface area contributed by atoms with Crippen molar-refractivity contribution in [2.24, 2.45) is 0 Å². The summed E-state index contributed by atoms with van der Waals surface area (Å²) in [5, 5.41) is 3.09. The lowest BCUT2D eigenvalue weighted by molar-refractivity contribution is -0.870. The average molecular weight is 1310 g/mol. The van der Waals surface area contributed by atoms with Crippen LogP contribution < -0.4 is 5.32 Å². The summed E-state index contributed by atoms with van der Waals surface area (Å²) in [5.74, 6) is -0.491. The van der Waals surface area contributed by atoms with Crippen LogP contribution in [-0.2, 0) is 27.9 Å². The van der Waals surface area contributed by atoms with E-state index in [0.29, 0.717) is 17.4 Å².